The van der Waals surface area contributed by atoms with Crippen molar-refractivity contribution >= 4 is 29.0 Å². The van der Waals surface area contributed by atoms with Crippen molar-refractivity contribution in [1.29, 1.82) is 0 Å². The highest BCUT2D eigenvalue weighted by Gasteiger charge is 2.21. The Bertz CT molecular complexity index is 1110. The van der Waals surface area contributed by atoms with Gasteiger partial charge in [0.25, 0.3) is 0 Å². The van der Waals surface area contributed by atoms with E-state index in [4.69, 9.17) is 33.7 Å². The van der Waals surface area contributed by atoms with Gasteiger partial charge in [-0.3, -0.25) is 0 Å². The maximum absolute atomic E-state index is 14.4. The molecule has 0 spiro atoms. The largest absolute Gasteiger partial charge is 0.482 e. The number of nitrogen functional groups attached to an aromatic ring is 1. The van der Waals surface area contributed by atoms with Crippen LogP contribution >= 0.6 is 23.2 Å². The average Bonchev–Trinajstić information content (AvgIpc) is 3.16. The van der Waals surface area contributed by atoms with Crippen LogP contribution in [-0.2, 0) is 13.1 Å². The fraction of sp³-hybridized carbons (Fsp3) is 0.190. The Morgan fingerprint density at radius 3 is 2.69 bits per heavy atom. The number of anilines is 1. The number of pyridine rings is 1. The van der Waals surface area contributed by atoms with Gasteiger partial charge < -0.3 is 15.8 Å². The number of halogens is 4. The van der Waals surface area contributed by atoms with Crippen LogP contribution in [0.15, 0.2) is 36.5 Å². The first kappa shape index (κ1) is 19.9. The van der Waals surface area contributed by atoms with Crippen molar-refractivity contribution in [3.8, 4) is 16.9 Å². The molecule has 29 heavy (non-hydrogen) atoms. The van der Waals surface area contributed by atoms with Crippen LogP contribution in [-0.4, -0.2) is 4.98 Å². The van der Waals surface area contributed by atoms with E-state index >= 15 is 0 Å². The number of aromatic nitrogens is 1. The zero-order valence-electron chi connectivity index (χ0n) is 15.4. The minimum absolute atomic E-state index is 0.110. The fourth-order valence-electron chi connectivity index (χ4n) is 3.41. The number of hydrogen-bond donors (Lipinski definition) is 2. The Morgan fingerprint density at radius 1 is 1.10 bits per heavy atom. The molecule has 3 aromatic rings. The van der Waals surface area contributed by atoms with Crippen molar-refractivity contribution in [2.75, 3.05) is 5.73 Å². The molecule has 0 radical (unpaired) electrons. The molecule has 1 aliphatic rings. The molecule has 0 bridgehead atoms. The van der Waals surface area contributed by atoms with Crippen LogP contribution in [0.5, 0.6) is 5.75 Å². The molecular weight excluding hydrogens is 419 g/mol. The van der Waals surface area contributed by atoms with E-state index in [0.717, 1.165) is 5.56 Å². The maximum atomic E-state index is 14.4. The van der Waals surface area contributed by atoms with Gasteiger partial charge in [-0.15, -0.1) is 0 Å². The summed E-state index contributed by atoms with van der Waals surface area (Å²) in [4.78, 5) is 4.16. The Morgan fingerprint density at radius 2 is 1.90 bits per heavy atom. The number of nitrogens with two attached hydrogens (primary N) is 1. The highest BCUT2D eigenvalue weighted by molar-refractivity contribution is 6.36. The van der Waals surface area contributed by atoms with Crippen molar-refractivity contribution in [3.05, 3.63) is 74.9 Å². The van der Waals surface area contributed by atoms with E-state index < -0.39 is 11.9 Å². The minimum Gasteiger partial charge on any atom is -0.482 e. The van der Waals surface area contributed by atoms with E-state index in [1.165, 1.54) is 18.2 Å². The molecule has 1 atom stereocenters. The normalized spacial score (nSPS) is 14.0. The summed E-state index contributed by atoms with van der Waals surface area (Å²) in [6, 6.07) is 7.65. The molecule has 3 N–H and O–H groups in total. The van der Waals surface area contributed by atoms with Gasteiger partial charge in [-0.2, -0.15) is 0 Å². The van der Waals surface area contributed by atoms with E-state index in [1.54, 1.807) is 19.2 Å². The molecule has 1 unspecified atom stereocenters. The molecule has 4 nitrogen and oxygen atoms in total. The van der Waals surface area contributed by atoms with Gasteiger partial charge >= 0.3 is 0 Å². The van der Waals surface area contributed by atoms with E-state index in [9.17, 15) is 8.78 Å². The van der Waals surface area contributed by atoms with Gasteiger partial charge in [-0.25, -0.2) is 13.8 Å². The van der Waals surface area contributed by atoms with Crippen LogP contribution < -0.4 is 15.8 Å². The molecule has 4 rings (SSSR count). The number of rotatable bonds is 4. The summed E-state index contributed by atoms with van der Waals surface area (Å²) in [6.45, 7) is 2.81. The Hall–Kier alpha value is -2.41. The molecule has 1 aliphatic heterocycles. The second-order valence-electron chi connectivity index (χ2n) is 6.82. The number of fused-ring (bicyclic) bond motifs is 1. The number of ether oxygens (including phenoxy) is 1. The maximum Gasteiger partial charge on any atom is 0.166 e. The summed E-state index contributed by atoms with van der Waals surface area (Å²) in [7, 11) is 0. The van der Waals surface area contributed by atoms with Crippen molar-refractivity contribution in [1.82, 2.24) is 10.3 Å². The molecule has 0 saturated carbocycles. The Kier molecular flexibility index (Phi) is 5.34. The third kappa shape index (κ3) is 3.75. The van der Waals surface area contributed by atoms with Crippen molar-refractivity contribution < 1.29 is 13.5 Å². The number of benzene rings is 2. The summed E-state index contributed by atoms with van der Waals surface area (Å²) in [5, 5.41) is 3.30. The lowest BCUT2D eigenvalue weighted by Gasteiger charge is -2.19. The monoisotopic (exact) mass is 435 g/mol. The molecule has 0 fully saturated rings. The first-order chi connectivity index (χ1) is 13.8. The van der Waals surface area contributed by atoms with Gasteiger partial charge in [-0.1, -0.05) is 23.2 Å². The molecule has 150 valence electrons. The molecular formula is C21H17Cl2F2N3O. The quantitative estimate of drug-likeness (QED) is 0.519. The van der Waals surface area contributed by atoms with Crippen LogP contribution in [0, 0.1) is 11.6 Å². The second-order valence-corrected chi connectivity index (χ2v) is 7.61. The van der Waals surface area contributed by atoms with Gasteiger partial charge in [0.1, 0.15) is 17.7 Å². The topological polar surface area (TPSA) is 60.2 Å². The average molecular weight is 436 g/mol. The Labute approximate surface area is 176 Å². The standard InChI is InChI=1S/C21H17Cl2F2N3O/c1-10(19-15(22)2-3-16(24)20(19)23)29-18-6-12(8-28-21(18)26)11-4-13-7-27-9-14(13)17(25)5-11/h2-6,8,10,27H,7,9H2,1H3,(H2,26,28). The SMILES string of the molecule is CC(Oc1cc(-c2cc(F)c3c(c2)CNC3)cnc1N)c1c(Cl)ccc(F)c1Cl. The first-order valence-corrected chi connectivity index (χ1v) is 9.68. The molecule has 0 amide bonds. The van der Waals surface area contributed by atoms with Crippen molar-refractivity contribution in [2.45, 2.75) is 26.1 Å². The predicted molar refractivity (Wildman–Crippen MR) is 110 cm³/mol. The summed E-state index contributed by atoms with van der Waals surface area (Å²) < 4.78 is 34.1. The summed E-state index contributed by atoms with van der Waals surface area (Å²) in [5.41, 5.74) is 9.17. The van der Waals surface area contributed by atoms with E-state index in [1.807, 2.05) is 6.07 Å². The van der Waals surface area contributed by atoms with Crippen LogP contribution in [0.2, 0.25) is 10.0 Å². The molecule has 1 aromatic heterocycles. The lowest BCUT2D eigenvalue weighted by Crippen LogP contribution is -2.08. The predicted octanol–water partition coefficient (Wildman–Crippen LogP) is 5.66. The van der Waals surface area contributed by atoms with Crippen LogP contribution in [0.25, 0.3) is 11.1 Å². The first-order valence-electron chi connectivity index (χ1n) is 8.93. The second kappa shape index (κ2) is 7.78. The van der Waals surface area contributed by atoms with Crippen LogP contribution in [0.1, 0.15) is 29.7 Å². The summed E-state index contributed by atoms with van der Waals surface area (Å²) in [6.07, 6.45) is 0.865. The number of nitrogens with one attached hydrogen (secondary N) is 1. The zero-order chi connectivity index (χ0) is 20.7. The molecule has 0 saturated heterocycles. The highest BCUT2D eigenvalue weighted by Crippen LogP contribution is 2.37. The molecule has 2 heterocycles. The van der Waals surface area contributed by atoms with Crippen LogP contribution in [0.3, 0.4) is 0 Å². The third-order valence-corrected chi connectivity index (χ3v) is 5.62. The highest BCUT2D eigenvalue weighted by atomic mass is 35.5. The molecule has 0 aliphatic carbocycles. The van der Waals surface area contributed by atoms with E-state index in [0.29, 0.717) is 35.3 Å². The lowest BCUT2D eigenvalue weighted by molar-refractivity contribution is 0.227. The van der Waals surface area contributed by atoms with Gasteiger partial charge in [0, 0.05) is 41.0 Å². The van der Waals surface area contributed by atoms with Crippen LogP contribution in [0.4, 0.5) is 14.6 Å². The number of hydrogen-bond acceptors (Lipinski definition) is 4. The zero-order valence-corrected chi connectivity index (χ0v) is 16.9. The molecule has 8 heteroatoms. The Balaban J connectivity index is 1.68. The fourth-order valence-corrected chi connectivity index (χ4v) is 4.09. The van der Waals surface area contributed by atoms with Crippen molar-refractivity contribution in [3.63, 3.8) is 0 Å². The molecule has 2 aromatic carbocycles. The van der Waals surface area contributed by atoms with Gasteiger partial charge in [0.2, 0.25) is 0 Å². The van der Waals surface area contributed by atoms with Gasteiger partial charge in [0.05, 0.1) is 5.02 Å². The van der Waals surface area contributed by atoms with E-state index in [-0.39, 0.29) is 27.4 Å². The number of nitrogens with zero attached hydrogens (tertiary/aromatic N) is 1. The van der Waals surface area contributed by atoms with Crippen molar-refractivity contribution in [2.24, 2.45) is 0 Å². The van der Waals surface area contributed by atoms with Gasteiger partial charge in [-0.05, 0) is 48.4 Å². The minimum atomic E-state index is -0.689. The smallest absolute Gasteiger partial charge is 0.166 e. The van der Waals surface area contributed by atoms with E-state index in [2.05, 4.69) is 10.3 Å². The third-order valence-electron chi connectivity index (χ3n) is 4.91. The van der Waals surface area contributed by atoms with Gasteiger partial charge in [0.15, 0.2) is 11.6 Å². The lowest BCUT2D eigenvalue weighted by atomic mass is 10.0. The summed E-state index contributed by atoms with van der Waals surface area (Å²) in [5.74, 6) is -0.449. The summed E-state index contributed by atoms with van der Waals surface area (Å²) >= 11 is 12.2.